The van der Waals surface area contributed by atoms with Gasteiger partial charge in [-0.25, -0.2) is 9.66 Å². The van der Waals surface area contributed by atoms with Gasteiger partial charge in [0.1, 0.15) is 4.83 Å². The van der Waals surface area contributed by atoms with Crippen molar-refractivity contribution in [2.45, 2.75) is 50.6 Å². The quantitative estimate of drug-likeness (QED) is 0.503. The summed E-state index contributed by atoms with van der Waals surface area (Å²) < 4.78 is 1.27. The third-order valence-corrected chi connectivity index (χ3v) is 7.50. The molecule has 1 aliphatic carbocycles. The molecule has 0 aromatic carbocycles. The summed E-state index contributed by atoms with van der Waals surface area (Å²) in [5.74, 6) is 7.72. The molecule has 136 valence electrons. The van der Waals surface area contributed by atoms with Gasteiger partial charge in [0.05, 0.1) is 5.39 Å². The number of thiophene rings is 1. The van der Waals surface area contributed by atoms with Crippen LogP contribution in [0.2, 0.25) is 0 Å². The molecule has 1 fully saturated rings. The molecule has 2 N–H and O–H groups in total. The van der Waals surface area contributed by atoms with Crippen LogP contribution in [0.3, 0.4) is 0 Å². The second-order valence-electron chi connectivity index (χ2n) is 7.35. The molecule has 5 nitrogen and oxygen atoms in total. The van der Waals surface area contributed by atoms with E-state index in [1.165, 1.54) is 47.5 Å². The van der Waals surface area contributed by atoms with E-state index in [-0.39, 0.29) is 5.56 Å². The normalized spacial score (nSPS) is 21.6. The van der Waals surface area contributed by atoms with E-state index in [0.717, 1.165) is 41.8 Å². The van der Waals surface area contributed by atoms with Crippen molar-refractivity contribution >= 4 is 33.3 Å². The van der Waals surface area contributed by atoms with Crippen LogP contribution < -0.4 is 11.4 Å². The lowest BCUT2D eigenvalue weighted by Gasteiger charge is -2.26. The van der Waals surface area contributed by atoms with Gasteiger partial charge < -0.3 is 10.7 Å². The van der Waals surface area contributed by atoms with Crippen LogP contribution in [0.5, 0.6) is 0 Å². The van der Waals surface area contributed by atoms with Crippen LogP contribution in [0.1, 0.15) is 43.0 Å². The zero-order chi connectivity index (χ0) is 17.4. The number of aromatic nitrogens is 2. The number of piperidine rings is 1. The minimum Gasteiger partial charge on any atom is -0.334 e. The van der Waals surface area contributed by atoms with Crippen molar-refractivity contribution in [1.82, 2.24) is 14.6 Å². The topological polar surface area (TPSA) is 64.2 Å². The second-order valence-corrected chi connectivity index (χ2v) is 9.50. The van der Waals surface area contributed by atoms with Gasteiger partial charge in [-0.1, -0.05) is 25.1 Å². The minimum absolute atomic E-state index is 0.0717. The monoisotopic (exact) mass is 378 g/mol. The number of nitrogens with zero attached hydrogens (tertiary/aromatic N) is 3. The Morgan fingerprint density at radius 3 is 2.92 bits per heavy atom. The van der Waals surface area contributed by atoms with Crippen LogP contribution in [0.4, 0.5) is 0 Å². The molecule has 1 aliphatic heterocycles. The van der Waals surface area contributed by atoms with Gasteiger partial charge in [-0.15, -0.1) is 11.3 Å². The summed E-state index contributed by atoms with van der Waals surface area (Å²) in [6.45, 7) is 5.71. The number of nitrogen functional groups attached to an aromatic ring is 1. The number of nitrogens with two attached hydrogens (primary N) is 1. The van der Waals surface area contributed by atoms with E-state index in [0.29, 0.717) is 11.1 Å². The molecule has 7 heteroatoms. The van der Waals surface area contributed by atoms with Gasteiger partial charge >= 0.3 is 0 Å². The molecule has 1 unspecified atom stereocenters. The molecule has 3 heterocycles. The minimum atomic E-state index is -0.0717. The van der Waals surface area contributed by atoms with Crippen LogP contribution in [0.15, 0.2) is 9.95 Å². The number of likely N-dealkylation sites (tertiary alicyclic amines) is 1. The van der Waals surface area contributed by atoms with Crippen LogP contribution in [0, 0.1) is 5.92 Å². The standard InChI is InChI=1S/C18H26N4OS2/c1-12-5-6-13-14(11-12)25-16-15(13)17(23)22(19)18(20-16)24-10-9-21-7-3-2-4-8-21/h12H,2-11,19H2,1H3. The number of fused-ring (bicyclic) bond motifs is 3. The molecule has 0 spiro atoms. The fraction of sp³-hybridized carbons (Fsp3) is 0.667. The molecule has 0 bridgehead atoms. The van der Waals surface area contributed by atoms with Crippen LogP contribution >= 0.6 is 23.1 Å². The van der Waals surface area contributed by atoms with E-state index in [1.54, 1.807) is 23.1 Å². The predicted octanol–water partition coefficient (Wildman–Crippen LogP) is 2.87. The highest BCUT2D eigenvalue weighted by atomic mass is 32.2. The number of aryl methyl sites for hydroxylation is 1. The molecule has 0 saturated carbocycles. The number of hydrogen-bond acceptors (Lipinski definition) is 6. The molecule has 1 saturated heterocycles. The van der Waals surface area contributed by atoms with Gasteiger partial charge in [-0.05, 0) is 56.7 Å². The van der Waals surface area contributed by atoms with Gasteiger partial charge in [-0.3, -0.25) is 4.79 Å². The Morgan fingerprint density at radius 1 is 1.32 bits per heavy atom. The van der Waals surface area contributed by atoms with Crippen molar-refractivity contribution in [3.63, 3.8) is 0 Å². The van der Waals surface area contributed by atoms with E-state index in [9.17, 15) is 4.79 Å². The smallest absolute Gasteiger partial charge is 0.281 e. The van der Waals surface area contributed by atoms with Crippen molar-refractivity contribution in [3.05, 3.63) is 20.8 Å². The van der Waals surface area contributed by atoms with Crippen molar-refractivity contribution < 1.29 is 0 Å². The third kappa shape index (κ3) is 3.46. The molecule has 25 heavy (non-hydrogen) atoms. The summed E-state index contributed by atoms with van der Waals surface area (Å²) in [7, 11) is 0. The van der Waals surface area contributed by atoms with Gasteiger partial charge in [-0.2, -0.15) is 0 Å². The van der Waals surface area contributed by atoms with Gasteiger partial charge in [0, 0.05) is 17.2 Å². The lowest BCUT2D eigenvalue weighted by atomic mass is 9.89. The van der Waals surface area contributed by atoms with Crippen LogP contribution in [-0.4, -0.2) is 39.9 Å². The van der Waals surface area contributed by atoms with E-state index in [1.807, 2.05) is 0 Å². The first-order valence-electron chi connectivity index (χ1n) is 9.31. The molecular weight excluding hydrogens is 352 g/mol. The van der Waals surface area contributed by atoms with Crippen molar-refractivity contribution in [2.24, 2.45) is 5.92 Å². The Bertz CT molecular complexity index is 823. The van der Waals surface area contributed by atoms with Crippen molar-refractivity contribution in [3.8, 4) is 0 Å². The Kier molecular flexibility index (Phi) is 5.06. The number of thioether (sulfide) groups is 1. The van der Waals surface area contributed by atoms with Crippen molar-refractivity contribution in [1.29, 1.82) is 0 Å². The first-order chi connectivity index (χ1) is 12.1. The fourth-order valence-electron chi connectivity index (χ4n) is 3.93. The highest BCUT2D eigenvalue weighted by Crippen LogP contribution is 2.36. The Balaban J connectivity index is 1.55. The summed E-state index contributed by atoms with van der Waals surface area (Å²) in [4.78, 5) is 22.3. The van der Waals surface area contributed by atoms with Crippen molar-refractivity contribution in [2.75, 3.05) is 31.2 Å². The average Bonchev–Trinajstić information content (AvgIpc) is 2.97. The highest BCUT2D eigenvalue weighted by Gasteiger charge is 2.24. The lowest BCUT2D eigenvalue weighted by molar-refractivity contribution is 0.242. The average molecular weight is 379 g/mol. The van der Waals surface area contributed by atoms with Crippen LogP contribution in [0.25, 0.3) is 10.2 Å². The maximum Gasteiger partial charge on any atom is 0.281 e. The predicted molar refractivity (Wildman–Crippen MR) is 106 cm³/mol. The summed E-state index contributed by atoms with van der Waals surface area (Å²) in [5.41, 5.74) is 1.14. The fourth-order valence-corrected chi connectivity index (χ4v) is 6.28. The summed E-state index contributed by atoms with van der Waals surface area (Å²) in [6, 6.07) is 0. The Morgan fingerprint density at radius 2 is 2.12 bits per heavy atom. The third-order valence-electron chi connectivity index (χ3n) is 5.42. The molecule has 2 aliphatic rings. The second kappa shape index (κ2) is 7.29. The molecule has 2 aromatic rings. The van der Waals surface area contributed by atoms with Gasteiger partial charge in [0.2, 0.25) is 0 Å². The molecule has 4 rings (SSSR count). The number of rotatable bonds is 4. The first-order valence-corrected chi connectivity index (χ1v) is 11.1. The summed E-state index contributed by atoms with van der Waals surface area (Å²) in [5, 5.41) is 1.43. The molecule has 0 radical (unpaired) electrons. The van der Waals surface area contributed by atoms with E-state index in [2.05, 4.69) is 11.8 Å². The molecular formula is C18H26N4OS2. The molecule has 2 aromatic heterocycles. The van der Waals surface area contributed by atoms with E-state index in [4.69, 9.17) is 10.8 Å². The SMILES string of the molecule is CC1CCc2c(sc3nc(SCCN4CCCCC4)n(N)c(=O)c23)C1. The maximum absolute atomic E-state index is 12.8. The van der Waals surface area contributed by atoms with E-state index < -0.39 is 0 Å². The van der Waals surface area contributed by atoms with Gasteiger partial charge in [0.25, 0.3) is 5.56 Å². The highest BCUT2D eigenvalue weighted by molar-refractivity contribution is 7.99. The zero-order valence-electron chi connectivity index (χ0n) is 14.8. The Labute approximate surface area is 156 Å². The largest absolute Gasteiger partial charge is 0.334 e. The lowest BCUT2D eigenvalue weighted by Crippen LogP contribution is -2.32. The van der Waals surface area contributed by atoms with Gasteiger partial charge in [0.15, 0.2) is 5.16 Å². The molecule has 1 atom stereocenters. The first kappa shape index (κ1) is 17.4. The Hall–Kier alpha value is -1.05. The van der Waals surface area contributed by atoms with E-state index >= 15 is 0 Å². The summed E-state index contributed by atoms with van der Waals surface area (Å²) >= 11 is 3.31. The maximum atomic E-state index is 12.8. The van der Waals surface area contributed by atoms with Crippen LogP contribution in [-0.2, 0) is 12.8 Å². The number of hydrogen-bond donors (Lipinski definition) is 1. The zero-order valence-corrected chi connectivity index (χ0v) is 16.4. The summed E-state index contributed by atoms with van der Waals surface area (Å²) in [6.07, 6.45) is 7.15. The molecule has 0 amide bonds.